The van der Waals surface area contributed by atoms with Gasteiger partial charge in [0.15, 0.2) is 0 Å². The lowest BCUT2D eigenvalue weighted by atomic mass is 10.2. The van der Waals surface area contributed by atoms with Gasteiger partial charge in [0, 0.05) is 11.9 Å². The van der Waals surface area contributed by atoms with E-state index in [0.29, 0.717) is 17.7 Å². The Labute approximate surface area is 122 Å². The number of aryl methyl sites for hydroxylation is 1. The number of aromatic nitrogens is 1. The molecule has 1 N–H and O–H groups in total. The molecule has 1 aromatic heterocycles. The van der Waals surface area contributed by atoms with Gasteiger partial charge in [-0.2, -0.15) is 0 Å². The topological polar surface area (TPSA) is 34.4 Å². The molecule has 0 saturated carbocycles. The van der Waals surface area contributed by atoms with Crippen LogP contribution in [-0.2, 0) is 13.2 Å². The van der Waals surface area contributed by atoms with Gasteiger partial charge in [-0.3, -0.25) is 0 Å². The fourth-order valence-electron chi connectivity index (χ4n) is 2.50. The average Bonchev–Trinajstić information content (AvgIpc) is 2.86. The molecule has 0 unspecified atom stereocenters. The number of rotatable bonds is 4. The summed E-state index contributed by atoms with van der Waals surface area (Å²) in [5.74, 6) is 0.652. The minimum absolute atomic E-state index is 0.201. The summed E-state index contributed by atoms with van der Waals surface area (Å²) >= 11 is 0. The summed E-state index contributed by atoms with van der Waals surface area (Å²) in [4.78, 5) is 0. The number of ether oxygens (including phenoxy) is 1. The van der Waals surface area contributed by atoms with Crippen molar-refractivity contribution in [2.45, 2.75) is 20.1 Å². The first-order valence-electron chi connectivity index (χ1n) is 6.87. The van der Waals surface area contributed by atoms with Crippen molar-refractivity contribution in [1.82, 2.24) is 4.57 Å². The van der Waals surface area contributed by atoms with E-state index in [1.807, 2.05) is 23.6 Å². The van der Waals surface area contributed by atoms with Crippen molar-refractivity contribution in [3.8, 4) is 11.5 Å². The number of halogens is 1. The Morgan fingerprint density at radius 3 is 2.62 bits per heavy atom. The highest BCUT2D eigenvalue weighted by atomic mass is 19.1. The maximum absolute atomic E-state index is 13.8. The molecule has 3 nitrogen and oxygen atoms in total. The van der Waals surface area contributed by atoms with E-state index < -0.39 is 0 Å². The molecular weight excluding hydrogens is 269 g/mol. The third-order valence-electron chi connectivity index (χ3n) is 3.52. The lowest BCUT2D eigenvalue weighted by Crippen LogP contribution is -2.04. The fourth-order valence-corrected chi connectivity index (χ4v) is 2.50. The lowest BCUT2D eigenvalue weighted by molar-refractivity contribution is 0.295. The van der Waals surface area contributed by atoms with E-state index in [0.717, 1.165) is 17.8 Å². The van der Waals surface area contributed by atoms with Crippen molar-refractivity contribution in [2.24, 2.45) is 0 Å². The summed E-state index contributed by atoms with van der Waals surface area (Å²) in [5, 5.41) is 9.86. The highest BCUT2D eigenvalue weighted by Gasteiger charge is 2.11. The van der Waals surface area contributed by atoms with Crippen LogP contribution in [0.1, 0.15) is 12.6 Å². The van der Waals surface area contributed by atoms with Crippen molar-refractivity contribution < 1.29 is 14.2 Å². The summed E-state index contributed by atoms with van der Waals surface area (Å²) < 4.78 is 21.6. The average molecular weight is 285 g/mol. The molecule has 3 rings (SSSR count). The molecule has 0 saturated heterocycles. The Morgan fingerprint density at radius 1 is 1.14 bits per heavy atom. The van der Waals surface area contributed by atoms with E-state index in [4.69, 9.17) is 4.74 Å². The third-order valence-corrected chi connectivity index (χ3v) is 3.52. The third kappa shape index (κ3) is 2.57. The van der Waals surface area contributed by atoms with Gasteiger partial charge in [-0.25, -0.2) is 4.39 Å². The molecule has 0 radical (unpaired) electrons. The normalized spacial score (nSPS) is 11.0. The zero-order valence-electron chi connectivity index (χ0n) is 11.7. The predicted octanol–water partition coefficient (Wildman–Crippen LogP) is 4.08. The SMILES string of the molecule is CCn1c(COc2ccc(O)cc2)cc2c(F)cccc21. The highest BCUT2D eigenvalue weighted by Crippen LogP contribution is 2.24. The van der Waals surface area contributed by atoms with Gasteiger partial charge in [0.1, 0.15) is 23.9 Å². The Balaban J connectivity index is 1.89. The van der Waals surface area contributed by atoms with Gasteiger partial charge in [0.05, 0.1) is 11.2 Å². The van der Waals surface area contributed by atoms with Crippen LogP contribution in [0.2, 0.25) is 0 Å². The first kappa shape index (κ1) is 13.5. The number of fused-ring (bicyclic) bond motifs is 1. The Kier molecular flexibility index (Phi) is 3.52. The Hall–Kier alpha value is -2.49. The molecule has 0 aliphatic carbocycles. The van der Waals surface area contributed by atoms with Gasteiger partial charge >= 0.3 is 0 Å². The molecule has 0 spiro atoms. The van der Waals surface area contributed by atoms with E-state index in [2.05, 4.69) is 0 Å². The van der Waals surface area contributed by atoms with Crippen molar-refractivity contribution in [2.75, 3.05) is 0 Å². The second-order valence-corrected chi connectivity index (χ2v) is 4.84. The standard InChI is InChI=1S/C17H16FNO2/c1-2-19-12(10-15-16(18)4-3-5-17(15)19)11-21-14-8-6-13(20)7-9-14/h3-10,20H,2,11H2,1H3. The van der Waals surface area contributed by atoms with Crippen LogP contribution in [0, 0.1) is 5.82 Å². The van der Waals surface area contributed by atoms with Crippen molar-refractivity contribution in [1.29, 1.82) is 0 Å². The number of hydrogen-bond acceptors (Lipinski definition) is 2. The molecule has 0 amide bonds. The van der Waals surface area contributed by atoms with E-state index in [-0.39, 0.29) is 11.6 Å². The number of phenols is 1. The summed E-state index contributed by atoms with van der Waals surface area (Å²) in [6.45, 7) is 3.13. The number of nitrogens with zero attached hydrogens (tertiary/aromatic N) is 1. The molecule has 0 aliphatic rings. The highest BCUT2D eigenvalue weighted by molar-refractivity contribution is 5.82. The second kappa shape index (κ2) is 5.48. The number of aromatic hydroxyl groups is 1. The van der Waals surface area contributed by atoms with Crippen LogP contribution in [0.15, 0.2) is 48.5 Å². The van der Waals surface area contributed by atoms with E-state index in [1.54, 1.807) is 30.3 Å². The zero-order chi connectivity index (χ0) is 14.8. The van der Waals surface area contributed by atoms with E-state index in [1.165, 1.54) is 6.07 Å². The van der Waals surface area contributed by atoms with Crippen LogP contribution < -0.4 is 4.74 Å². The molecule has 0 aliphatic heterocycles. The van der Waals surface area contributed by atoms with E-state index >= 15 is 0 Å². The fraction of sp³-hybridized carbons (Fsp3) is 0.176. The van der Waals surface area contributed by atoms with Gasteiger partial charge in [-0.15, -0.1) is 0 Å². The van der Waals surface area contributed by atoms with Crippen LogP contribution in [-0.4, -0.2) is 9.67 Å². The maximum atomic E-state index is 13.8. The molecule has 0 atom stereocenters. The van der Waals surface area contributed by atoms with Gasteiger partial charge in [0.2, 0.25) is 0 Å². The monoisotopic (exact) mass is 285 g/mol. The molecule has 21 heavy (non-hydrogen) atoms. The van der Waals surface area contributed by atoms with Crippen LogP contribution >= 0.6 is 0 Å². The first-order valence-corrected chi connectivity index (χ1v) is 6.87. The van der Waals surface area contributed by atoms with E-state index in [9.17, 15) is 9.50 Å². The van der Waals surface area contributed by atoms with Crippen LogP contribution in [0.25, 0.3) is 10.9 Å². The summed E-state index contributed by atoms with van der Waals surface area (Å²) in [7, 11) is 0. The van der Waals surface area contributed by atoms with Crippen molar-refractivity contribution in [3.63, 3.8) is 0 Å². The van der Waals surface area contributed by atoms with Gasteiger partial charge in [0.25, 0.3) is 0 Å². The number of phenolic OH excluding ortho intramolecular Hbond substituents is 1. The predicted molar refractivity (Wildman–Crippen MR) is 80.0 cm³/mol. The molecule has 0 fully saturated rings. The molecule has 1 heterocycles. The van der Waals surface area contributed by atoms with Crippen molar-refractivity contribution in [3.05, 3.63) is 60.0 Å². The molecule has 4 heteroatoms. The molecular formula is C17H16FNO2. The largest absolute Gasteiger partial charge is 0.508 e. The van der Waals surface area contributed by atoms with Crippen LogP contribution in [0.4, 0.5) is 4.39 Å². The minimum Gasteiger partial charge on any atom is -0.508 e. The molecule has 2 aromatic carbocycles. The Morgan fingerprint density at radius 2 is 1.90 bits per heavy atom. The summed E-state index contributed by atoms with van der Waals surface area (Å²) in [6, 6.07) is 13.5. The van der Waals surface area contributed by atoms with Crippen LogP contribution in [0.3, 0.4) is 0 Å². The van der Waals surface area contributed by atoms with Crippen LogP contribution in [0.5, 0.6) is 11.5 Å². The molecule has 108 valence electrons. The minimum atomic E-state index is -0.217. The Bertz CT molecular complexity index is 762. The zero-order valence-corrected chi connectivity index (χ0v) is 11.7. The summed E-state index contributed by atoms with van der Waals surface area (Å²) in [5.41, 5.74) is 1.80. The van der Waals surface area contributed by atoms with Gasteiger partial charge in [-0.1, -0.05) is 6.07 Å². The molecule has 3 aromatic rings. The summed E-state index contributed by atoms with van der Waals surface area (Å²) in [6.07, 6.45) is 0. The van der Waals surface area contributed by atoms with Gasteiger partial charge < -0.3 is 14.4 Å². The molecule has 0 bridgehead atoms. The smallest absolute Gasteiger partial charge is 0.132 e. The second-order valence-electron chi connectivity index (χ2n) is 4.84. The first-order chi connectivity index (χ1) is 10.2. The van der Waals surface area contributed by atoms with Gasteiger partial charge in [-0.05, 0) is 49.4 Å². The lowest BCUT2D eigenvalue weighted by Gasteiger charge is -2.10. The number of benzene rings is 2. The number of hydrogen-bond donors (Lipinski definition) is 1. The maximum Gasteiger partial charge on any atom is 0.132 e. The quantitative estimate of drug-likeness (QED) is 0.783. The van der Waals surface area contributed by atoms with Crippen molar-refractivity contribution >= 4 is 10.9 Å².